The van der Waals surface area contributed by atoms with E-state index in [0.29, 0.717) is 0 Å². The summed E-state index contributed by atoms with van der Waals surface area (Å²) in [6.45, 7) is 0. The van der Waals surface area contributed by atoms with E-state index >= 15 is 0 Å². The summed E-state index contributed by atoms with van der Waals surface area (Å²) in [5.74, 6) is 0. The lowest BCUT2D eigenvalue weighted by Crippen LogP contribution is -2.10. The van der Waals surface area contributed by atoms with Crippen LogP contribution in [0.2, 0.25) is 0 Å². The van der Waals surface area contributed by atoms with Crippen LogP contribution in [0.5, 0.6) is 0 Å². The van der Waals surface area contributed by atoms with Gasteiger partial charge in [-0.2, -0.15) is 13.2 Å². The van der Waals surface area contributed by atoms with Crippen molar-refractivity contribution >= 4 is 31.9 Å². The fraction of sp³-hybridized carbons (Fsp3) is 1.00. The third kappa shape index (κ3) is 6.75. The summed E-state index contributed by atoms with van der Waals surface area (Å²) in [5.41, 5.74) is 0. The summed E-state index contributed by atoms with van der Waals surface area (Å²) < 4.78 is 33.1. The first-order chi connectivity index (χ1) is 3.42. The van der Waals surface area contributed by atoms with Crippen molar-refractivity contribution in [2.24, 2.45) is 0 Å². The largest absolute Gasteiger partial charge is 0.391 e. The van der Waals surface area contributed by atoms with Gasteiger partial charge >= 0.3 is 6.18 Å². The van der Waals surface area contributed by atoms with E-state index in [1.54, 1.807) is 0 Å². The lowest BCUT2D eigenvalue weighted by Gasteiger charge is -2.04. The quantitative estimate of drug-likeness (QED) is 0.632. The molecule has 0 radical (unpaired) electrons. The molecule has 0 aromatic rings. The predicted octanol–water partition coefficient (Wildman–Crippen LogP) is 3.05. The van der Waals surface area contributed by atoms with Crippen LogP contribution in [-0.4, -0.2) is 9.91 Å². The van der Waals surface area contributed by atoms with E-state index in [-0.39, 0.29) is 0 Å². The van der Waals surface area contributed by atoms with Crippen LogP contribution in [0.1, 0.15) is 6.42 Å². The van der Waals surface area contributed by atoms with Crippen molar-refractivity contribution in [3.63, 3.8) is 0 Å². The molecule has 0 heterocycles. The van der Waals surface area contributed by atoms with Crippen molar-refractivity contribution < 1.29 is 13.2 Å². The van der Waals surface area contributed by atoms with Gasteiger partial charge < -0.3 is 0 Å². The van der Waals surface area contributed by atoms with Crippen LogP contribution < -0.4 is 0 Å². The number of hydrogen-bond acceptors (Lipinski definition) is 0. The molecule has 0 N–H and O–H groups in total. The van der Waals surface area contributed by atoms with E-state index in [2.05, 4.69) is 31.9 Å². The number of halogens is 5. The Morgan fingerprint density at radius 2 is 1.62 bits per heavy atom. The van der Waals surface area contributed by atoms with Gasteiger partial charge in [-0.05, 0) is 0 Å². The average molecular weight is 256 g/mol. The fourth-order valence-electron chi connectivity index (χ4n) is 0.175. The fourth-order valence-corrected chi connectivity index (χ4v) is 0.909. The molecule has 0 saturated heterocycles. The van der Waals surface area contributed by atoms with Crippen LogP contribution in [0.4, 0.5) is 13.2 Å². The minimum Gasteiger partial charge on any atom is -0.171 e. The molecule has 0 aromatic heterocycles. The third-order valence-corrected chi connectivity index (χ3v) is 1.03. The van der Waals surface area contributed by atoms with Crippen molar-refractivity contribution in [3.8, 4) is 0 Å². The molecule has 0 rings (SSSR count). The monoisotopic (exact) mass is 254 g/mol. The zero-order valence-electron chi connectivity index (χ0n) is 3.67. The molecule has 0 bridgehead atoms. The van der Waals surface area contributed by atoms with Gasteiger partial charge in [-0.3, -0.25) is 0 Å². The van der Waals surface area contributed by atoms with Crippen molar-refractivity contribution in [2.75, 3.05) is 0 Å². The topological polar surface area (TPSA) is 0 Å². The number of alkyl halides is 5. The van der Waals surface area contributed by atoms with Crippen LogP contribution in [0, 0.1) is 0 Å². The highest BCUT2D eigenvalue weighted by Gasteiger charge is 2.29. The summed E-state index contributed by atoms with van der Waals surface area (Å²) >= 11 is 5.41. The Balaban J connectivity index is 3.39. The van der Waals surface area contributed by atoms with Crippen molar-refractivity contribution in [1.29, 1.82) is 0 Å². The molecule has 0 unspecified atom stereocenters. The van der Waals surface area contributed by atoms with Crippen LogP contribution in [0.3, 0.4) is 0 Å². The minimum atomic E-state index is -4.07. The van der Waals surface area contributed by atoms with E-state index in [0.717, 1.165) is 0 Å². The molecule has 0 aliphatic carbocycles. The molecule has 0 aliphatic heterocycles. The van der Waals surface area contributed by atoms with Gasteiger partial charge in [0.05, 0.1) is 10.2 Å². The molecule has 50 valence electrons. The molecule has 0 aliphatic rings. The molecule has 8 heavy (non-hydrogen) atoms. The Morgan fingerprint density at radius 1 is 1.25 bits per heavy atom. The molecule has 0 saturated carbocycles. The van der Waals surface area contributed by atoms with E-state index in [9.17, 15) is 13.2 Å². The van der Waals surface area contributed by atoms with Crippen molar-refractivity contribution in [2.45, 2.75) is 16.3 Å². The smallest absolute Gasteiger partial charge is 0.171 e. The Hall–Kier alpha value is 0.750. The Morgan fingerprint density at radius 3 is 1.62 bits per heavy atom. The Bertz CT molecular complexity index is 67.4. The van der Waals surface area contributed by atoms with Crippen molar-refractivity contribution in [1.82, 2.24) is 0 Å². The standard InChI is InChI=1S/C3H3Br2F3/c4-2(5)1-3(6,7)8/h2H,1H2. The molecular weight excluding hydrogens is 253 g/mol. The summed E-state index contributed by atoms with van der Waals surface area (Å²) in [6, 6.07) is 0. The van der Waals surface area contributed by atoms with Gasteiger partial charge in [-0.1, -0.05) is 31.9 Å². The SMILES string of the molecule is FC(F)(F)CC(Br)Br. The van der Waals surface area contributed by atoms with Gasteiger partial charge in [0.15, 0.2) is 0 Å². The maximum absolute atomic E-state index is 11.2. The molecule has 0 atom stereocenters. The maximum atomic E-state index is 11.2. The van der Waals surface area contributed by atoms with Gasteiger partial charge in [0.2, 0.25) is 0 Å². The molecule has 0 amide bonds. The summed E-state index contributed by atoms with van der Waals surface area (Å²) in [5, 5.41) is 0. The van der Waals surface area contributed by atoms with Gasteiger partial charge in [-0.15, -0.1) is 0 Å². The zero-order chi connectivity index (χ0) is 6.78. The van der Waals surface area contributed by atoms with Crippen molar-refractivity contribution in [3.05, 3.63) is 0 Å². The molecule has 5 heteroatoms. The minimum absolute atomic E-state index is 0.657. The van der Waals surface area contributed by atoms with Crippen LogP contribution in [0.25, 0.3) is 0 Å². The molecule has 0 spiro atoms. The highest BCUT2D eigenvalue weighted by Crippen LogP contribution is 2.27. The van der Waals surface area contributed by atoms with Gasteiger partial charge in [-0.25, -0.2) is 0 Å². The van der Waals surface area contributed by atoms with E-state index in [1.807, 2.05) is 0 Å². The van der Waals surface area contributed by atoms with E-state index in [4.69, 9.17) is 0 Å². The van der Waals surface area contributed by atoms with Crippen LogP contribution >= 0.6 is 31.9 Å². The number of rotatable bonds is 1. The first kappa shape index (κ1) is 8.75. The molecular formula is C3H3Br2F3. The second kappa shape index (κ2) is 3.06. The van der Waals surface area contributed by atoms with Crippen LogP contribution in [-0.2, 0) is 0 Å². The van der Waals surface area contributed by atoms with Gasteiger partial charge in [0.1, 0.15) is 0 Å². The van der Waals surface area contributed by atoms with Gasteiger partial charge in [0.25, 0.3) is 0 Å². The second-order valence-corrected chi connectivity index (χ2v) is 4.65. The highest BCUT2D eigenvalue weighted by molar-refractivity contribution is 9.24. The normalized spacial score (nSPS) is 12.8. The third-order valence-electron chi connectivity index (χ3n) is 0.386. The summed E-state index contributed by atoms with van der Waals surface area (Å²) in [7, 11) is 0. The predicted molar refractivity (Wildman–Crippen MR) is 32.3 cm³/mol. The van der Waals surface area contributed by atoms with Crippen LogP contribution in [0.15, 0.2) is 0 Å². The van der Waals surface area contributed by atoms with Gasteiger partial charge in [0, 0.05) is 0 Å². The lowest BCUT2D eigenvalue weighted by atomic mass is 10.5. The summed E-state index contributed by atoms with van der Waals surface area (Å²) in [4.78, 5) is 0. The Labute approximate surface area is 61.7 Å². The van der Waals surface area contributed by atoms with E-state index < -0.39 is 16.3 Å². The second-order valence-electron chi connectivity index (χ2n) is 1.21. The zero-order valence-corrected chi connectivity index (χ0v) is 6.85. The molecule has 0 nitrogen and oxygen atoms in total. The first-order valence-electron chi connectivity index (χ1n) is 1.77. The Kier molecular flexibility index (Phi) is 3.34. The van der Waals surface area contributed by atoms with E-state index in [1.165, 1.54) is 0 Å². The number of hydrogen-bond donors (Lipinski definition) is 0. The molecule has 0 aromatic carbocycles. The maximum Gasteiger partial charge on any atom is 0.391 e. The average Bonchev–Trinajstić information content (AvgIpc) is 1.21. The summed E-state index contributed by atoms with van der Waals surface area (Å²) in [6.07, 6.45) is -4.91. The lowest BCUT2D eigenvalue weighted by molar-refractivity contribution is -0.130. The first-order valence-corrected chi connectivity index (χ1v) is 3.60. The molecule has 0 fully saturated rings. The highest BCUT2D eigenvalue weighted by atomic mass is 79.9.